The van der Waals surface area contributed by atoms with E-state index in [-0.39, 0.29) is 5.75 Å². The number of hydrogen-bond acceptors (Lipinski definition) is 4. The molecule has 0 radical (unpaired) electrons. The van der Waals surface area contributed by atoms with Gasteiger partial charge in [-0.3, -0.25) is 4.79 Å². The van der Waals surface area contributed by atoms with Crippen molar-refractivity contribution in [1.82, 2.24) is 5.32 Å². The van der Waals surface area contributed by atoms with Crippen molar-refractivity contribution < 1.29 is 13.2 Å². The Morgan fingerprint density at radius 3 is 2.39 bits per heavy atom. The molecule has 1 amide bonds. The molecule has 3 N–H and O–H groups in total. The summed E-state index contributed by atoms with van der Waals surface area (Å²) in [5.41, 5.74) is 5.63. The molecule has 0 aliphatic carbocycles. The van der Waals surface area contributed by atoms with Crippen LogP contribution in [0.5, 0.6) is 0 Å². The van der Waals surface area contributed by atoms with Crippen LogP contribution in [-0.2, 0) is 14.6 Å². The zero-order valence-corrected chi connectivity index (χ0v) is 12.4. The predicted molar refractivity (Wildman–Crippen MR) is 74.0 cm³/mol. The predicted octanol–water partition coefficient (Wildman–Crippen LogP) is 0.833. The van der Waals surface area contributed by atoms with Gasteiger partial charge in [0.15, 0.2) is 9.84 Å². The molecule has 0 bridgehead atoms. The van der Waals surface area contributed by atoms with Gasteiger partial charge < -0.3 is 11.1 Å². The van der Waals surface area contributed by atoms with Gasteiger partial charge in [0.1, 0.15) is 5.25 Å². The largest absolute Gasteiger partial charge is 0.355 e. The average molecular weight is 278 g/mol. The molecule has 0 spiro atoms. The number of rotatable bonds is 9. The van der Waals surface area contributed by atoms with E-state index in [0.29, 0.717) is 13.0 Å². The highest BCUT2D eigenvalue weighted by atomic mass is 32.2. The maximum Gasteiger partial charge on any atom is 0.238 e. The summed E-state index contributed by atoms with van der Waals surface area (Å²) < 4.78 is 23.8. The van der Waals surface area contributed by atoms with E-state index in [1.165, 1.54) is 6.92 Å². The van der Waals surface area contributed by atoms with Gasteiger partial charge >= 0.3 is 0 Å². The highest BCUT2D eigenvalue weighted by Gasteiger charge is 2.28. The highest BCUT2D eigenvalue weighted by Crippen LogP contribution is 2.05. The van der Waals surface area contributed by atoms with Gasteiger partial charge in [-0.2, -0.15) is 0 Å². The van der Waals surface area contributed by atoms with Gasteiger partial charge in [-0.15, -0.1) is 0 Å². The number of carbonyl (C=O) groups is 1. The third kappa shape index (κ3) is 6.35. The van der Waals surface area contributed by atoms with E-state index in [1.54, 1.807) is 0 Å². The highest BCUT2D eigenvalue weighted by molar-refractivity contribution is 7.92. The van der Waals surface area contributed by atoms with Crippen LogP contribution in [0.4, 0.5) is 0 Å². The van der Waals surface area contributed by atoms with Crippen molar-refractivity contribution >= 4 is 15.7 Å². The van der Waals surface area contributed by atoms with Crippen LogP contribution < -0.4 is 11.1 Å². The standard InChI is InChI=1S/C12H26N2O3S/c1-4-6-7-8-14-12(15)10(3)18(16,17)9-11(13)5-2/h10-11H,4-9,13H2,1-3H3,(H,14,15). The molecule has 108 valence electrons. The molecule has 0 rings (SSSR count). The first-order chi connectivity index (χ1) is 8.35. The van der Waals surface area contributed by atoms with Crippen molar-refractivity contribution in [3.05, 3.63) is 0 Å². The van der Waals surface area contributed by atoms with E-state index in [1.807, 2.05) is 6.92 Å². The molecule has 0 saturated heterocycles. The van der Waals surface area contributed by atoms with Crippen LogP contribution in [-0.4, -0.2) is 37.9 Å². The molecule has 2 atom stereocenters. The second kappa shape index (κ2) is 8.48. The first-order valence-corrected chi connectivity index (χ1v) is 8.31. The maximum atomic E-state index is 11.9. The summed E-state index contributed by atoms with van der Waals surface area (Å²) in [5, 5.41) is 1.64. The van der Waals surface area contributed by atoms with Gasteiger partial charge in [-0.25, -0.2) is 8.42 Å². The summed E-state index contributed by atoms with van der Waals surface area (Å²) >= 11 is 0. The molecule has 0 aliphatic rings. The zero-order valence-electron chi connectivity index (χ0n) is 11.6. The third-order valence-electron chi connectivity index (χ3n) is 2.96. The van der Waals surface area contributed by atoms with E-state index < -0.39 is 27.0 Å². The van der Waals surface area contributed by atoms with Crippen LogP contribution in [0.1, 0.15) is 46.5 Å². The fourth-order valence-corrected chi connectivity index (χ4v) is 2.98. The van der Waals surface area contributed by atoms with Crippen LogP contribution >= 0.6 is 0 Å². The SMILES string of the molecule is CCCCCNC(=O)C(C)S(=O)(=O)CC(N)CC. The van der Waals surface area contributed by atoms with Crippen LogP contribution in [0.25, 0.3) is 0 Å². The Kier molecular flexibility index (Phi) is 8.18. The molecular weight excluding hydrogens is 252 g/mol. The summed E-state index contributed by atoms with van der Waals surface area (Å²) in [4.78, 5) is 11.7. The zero-order chi connectivity index (χ0) is 14.2. The minimum Gasteiger partial charge on any atom is -0.355 e. The van der Waals surface area contributed by atoms with Crippen molar-refractivity contribution in [3.63, 3.8) is 0 Å². The molecular formula is C12H26N2O3S. The van der Waals surface area contributed by atoms with Crippen LogP contribution in [0.3, 0.4) is 0 Å². The van der Waals surface area contributed by atoms with Gasteiger partial charge in [-0.05, 0) is 19.8 Å². The Balaban J connectivity index is 4.26. The lowest BCUT2D eigenvalue weighted by molar-refractivity contribution is -0.120. The van der Waals surface area contributed by atoms with E-state index in [4.69, 9.17) is 5.73 Å². The summed E-state index contributed by atoms with van der Waals surface area (Å²) in [6, 6.07) is -0.398. The summed E-state index contributed by atoms with van der Waals surface area (Å²) in [6.45, 7) is 5.86. The number of hydrogen-bond donors (Lipinski definition) is 2. The van der Waals surface area contributed by atoms with Crippen molar-refractivity contribution in [2.75, 3.05) is 12.3 Å². The van der Waals surface area contributed by atoms with E-state index in [9.17, 15) is 13.2 Å². The Morgan fingerprint density at radius 1 is 1.28 bits per heavy atom. The summed E-state index contributed by atoms with van der Waals surface area (Å²) in [6.07, 6.45) is 3.56. The number of sulfone groups is 1. The van der Waals surface area contributed by atoms with Crippen molar-refractivity contribution in [1.29, 1.82) is 0 Å². The Labute approximate surface area is 110 Å². The Morgan fingerprint density at radius 2 is 1.89 bits per heavy atom. The van der Waals surface area contributed by atoms with E-state index >= 15 is 0 Å². The second-order valence-electron chi connectivity index (χ2n) is 4.64. The maximum absolute atomic E-state index is 11.9. The summed E-state index contributed by atoms with van der Waals surface area (Å²) in [5.74, 6) is -0.554. The smallest absolute Gasteiger partial charge is 0.238 e. The first-order valence-electron chi connectivity index (χ1n) is 6.60. The fourth-order valence-electron chi connectivity index (χ4n) is 1.45. The molecule has 0 aromatic carbocycles. The lowest BCUT2D eigenvalue weighted by Gasteiger charge is -2.15. The molecule has 0 heterocycles. The molecule has 5 nitrogen and oxygen atoms in total. The van der Waals surface area contributed by atoms with Crippen LogP contribution in [0, 0.1) is 0 Å². The van der Waals surface area contributed by atoms with Gasteiger partial charge in [0, 0.05) is 12.6 Å². The molecule has 0 saturated carbocycles. The molecule has 18 heavy (non-hydrogen) atoms. The van der Waals surface area contributed by atoms with Crippen LogP contribution in [0.2, 0.25) is 0 Å². The molecule has 0 aliphatic heterocycles. The quantitative estimate of drug-likeness (QED) is 0.611. The van der Waals surface area contributed by atoms with Crippen molar-refractivity contribution in [2.24, 2.45) is 5.73 Å². The van der Waals surface area contributed by atoms with Gasteiger partial charge in [0.25, 0.3) is 0 Å². The topological polar surface area (TPSA) is 89.3 Å². The third-order valence-corrected chi connectivity index (χ3v) is 5.14. The normalized spacial score (nSPS) is 15.1. The van der Waals surface area contributed by atoms with E-state index in [0.717, 1.165) is 19.3 Å². The van der Waals surface area contributed by atoms with E-state index in [2.05, 4.69) is 12.2 Å². The number of nitrogens with one attached hydrogen (secondary N) is 1. The number of amides is 1. The second-order valence-corrected chi connectivity index (χ2v) is 7.00. The molecule has 0 aromatic rings. The number of unbranched alkanes of at least 4 members (excludes halogenated alkanes) is 2. The summed E-state index contributed by atoms with van der Waals surface area (Å²) in [7, 11) is -3.45. The van der Waals surface area contributed by atoms with Gasteiger partial charge in [0.05, 0.1) is 5.75 Å². The number of nitrogens with two attached hydrogens (primary N) is 1. The van der Waals surface area contributed by atoms with Crippen molar-refractivity contribution in [3.8, 4) is 0 Å². The van der Waals surface area contributed by atoms with Gasteiger partial charge in [0.2, 0.25) is 5.91 Å². The molecule has 0 aromatic heterocycles. The molecule has 6 heteroatoms. The Hall–Kier alpha value is -0.620. The molecule has 0 fully saturated rings. The number of carbonyl (C=O) groups excluding carboxylic acids is 1. The molecule has 2 unspecified atom stereocenters. The minimum atomic E-state index is -3.45. The minimum absolute atomic E-state index is 0.132. The fraction of sp³-hybridized carbons (Fsp3) is 0.917. The van der Waals surface area contributed by atoms with Crippen molar-refractivity contribution in [2.45, 2.75) is 57.7 Å². The monoisotopic (exact) mass is 278 g/mol. The van der Waals surface area contributed by atoms with Crippen LogP contribution in [0.15, 0.2) is 0 Å². The Bertz CT molecular complexity index is 341. The lowest BCUT2D eigenvalue weighted by atomic mass is 10.2. The average Bonchev–Trinajstić information content (AvgIpc) is 2.32. The van der Waals surface area contributed by atoms with Gasteiger partial charge in [-0.1, -0.05) is 26.7 Å². The lowest BCUT2D eigenvalue weighted by Crippen LogP contribution is -2.42. The first kappa shape index (κ1) is 17.4.